The van der Waals surface area contributed by atoms with Crippen LogP contribution >= 0.6 is 0 Å². The van der Waals surface area contributed by atoms with Crippen LogP contribution in [0.15, 0.2) is 24.8 Å². The molecule has 0 aliphatic rings. The Kier molecular flexibility index (Phi) is 8.57. The number of nitrogens with zero attached hydrogens (tertiary/aromatic N) is 5. The third kappa shape index (κ3) is 6.57. The number of nitro groups is 2. The van der Waals surface area contributed by atoms with Gasteiger partial charge < -0.3 is 21.1 Å². The molecule has 0 atom stereocenters. The first-order chi connectivity index (χ1) is 14.8. The monoisotopic (exact) mass is 432 g/mol. The maximum Gasteiger partial charge on any atom is 0.317 e. The topological polar surface area (TPSA) is 199 Å². The van der Waals surface area contributed by atoms with Gasteiger partial charge in [-0.15, -0.1) is 0 Å². The van der Waals surface area contributed by atoms with Crippen LogP contribution in [0, 0.1) is 27.2 Å². The number of unbranched alkanes of at least 4 members (excludes halogenated alkanes) is 3. The molecule has 3 aromatic rings. The molecule has 0 unspecified atom stereocenters. The van der Waals surface area contributed by atoms with E-state index in [2.05, 4.69) is 25.3 Å². The number of aromatic nitrogens is 4. The Morgan fingerprint density at radius 1 is 1.10 bits per heavy atom. The molecule has 0 fully saturated rings. The van der Waals surface area contributed by atoms with Gasteiger partial charge in [-0.05, 0) is 26.3 Å². The summed E-state index contributed by atoms with van der Waals surface area (Å²) in [4.78, 5) is 34.5. The average molecular weight is 432 g/mol. The molecule has 31 heavy (non-hydrogen) atoms. The second-order valence-electron chi connectivity index (χ2n) is 6.60. The second kappa shape index (κ2) is 11.3. The molecule has 13 nitrogen and oxygen atoms in total. The van der Waals surface area contributed by atoms with Crippen molar-refractivity contribution < 1.29 is 15.0 Å². The van der Waals surface area contributed by atoms with E-state index in [1.54, 1.807) is 6.33 Å². The minimum absolute atomic E-state index is 0.103. The summed E-state index contributed by atoms with van der Waals surface area (Å²) in [7, 11) is 0. The average Bonchev–Trinajstić information content (AvgIpc) is 3.22. The summed E-state index contributed by atoms with van der Waals surface area (Å²) in [6, 6.07) is 1.80. The molecular weight excluding hydrogens is 408 g/mol. The fourth-order valence-electron chi connectivity index (χ4n) is 2.71. The van der Waals surface area contributed by atoms with Gasteiger partial charge in [-0.1, -0.05) is 12.8 Å². The van der Waals surface area contributed by atoms with Crippen LogP contribution in [0.25, 0.3) is 11.2 Å². The number of nitrogens with two attached hydrogens (primary N) is 1. The summed E-state index contributed by atoms with van der Waals surface area (Å²) in [6.45, 7) is 3.05. The van der Waals surface area contributed by atoms with Crippen LogP contribution in [0.1, 0.15) is 31.2 Å². The van der Waals surface area contributed by atoms with Gasteiger partial charge in [0.2, 0.25) is 0 Å². The van der Waals surface area contributed by atoms with Crippen LogP contribution in [0.3, 0.4) is 0 Å². The number of imidazole rings is 1. The number of non-ortho nitro benzene ring substituents is 1. The number of aromatic amines is 1. The normalized spacial score (nSPS) is 10.4. The summed E-state index contributed by atoms with van der Waals surface area (Å²) < 4.78 is 0. The highest BCUT2D eigenvalue weighted by Gasteiger charge is 2.21. The number of phenolic OH excluding ortho intramolecular Hbond substituents is 1. The summed E-state index contributed by atoms with van der Waals surface area (Å²) >= 11 is 0. The standard InChI is InChI=1S/C11H18N6.C7H6N2O5/c12-5-3-1-2-4-6-13-10-9-11(15-7-14-9)17-8-16-10;1-4-2-5(8(11)12)3-6(7(4)10)9(13)14/h7-8H,1-6,12H2,(H2,13,14,15,16,17);2-3,10H,1H3. The van der Waals surface area contributed by atoms with Gasteiger partial charge in [-0.3, -0.25) is 20.2 Å². The van der Waals surface area contributed by atoms with Gasteiger partial charge >= 0.3 is 5.69 Å². The number of rotatable bonds is 9. The van der Waals surface area contributed by atoms with Crippen LogP contribution in [-0.4, -0.2) is 48.0 Å². The highest BCUT2D eigenvalue weighted by molar-refractivity contribution is 5.81. The van der Waals surface area contributed by atoms with Gasteiger partial charge in [-0.2, -0.15) is 0 Å². The predicted octanol–water partition coefficient (Wildman–Crippen LogP) is 2.80. The summed E-state index contributed by atoms with van der Waals surface area (Å²) in [5, 5.41) is 33.2. The number of anilines is 1. The zero-order valence-electron chi connectivity index (χ0n) is 16.9. The minimum atomic E-state index is -0.866. The number of hydrogen-bond donors (Lipinski definition) is 4. The van der Waals surface area contributed by atoms with E-state index in [4.69, 9.17) is 5.73 Å². The van der Waals surface area contributed by atoms with Crippen molar-refractivity contribution in [2.45, 2.75) is 32.6 Å². The lowest BCUT2D eigenvalue weighted by Gasteiger charge is -2.05. The van der Waals surface area contributed by atoms with Crippen LogP contribution in [0.4, 0.5) is 17.2 Å². The Labute approximate surface area is 177 Å². The van der Waals surface area contributed by atoms with Crippen LogP contribution in [-0.2, 0) is 0 Å². The first-order valence-corrected chi connectivity index (χ1v) is 9.55. The van der Waals surface area contributed by atoms with Gasteiger partial charge in [0.05, 0.1) is 22.2 Å². The van der Waals surface area contributed by atoms with Crippen molar-refractivity contribution in [1.82, 2.24) is 19.9 Å². The van der Waals surface area contributed by atoms with Crippen molar-refractivity contribution in [1.29, 1.82) is 0 Å². The Balaban J connectivity index is 0.000000225. The fraction of sp³-hybridized carbons (Fsp3) is 0.389. The largest absolute Gasteiger partial charge is 0.502 e. The summed E-state index contributed by atoms with van der Waals surface area (Å²) in [5.41, 5.74) is 6.05. The van der Waals surface area contributed by atoms with Crippen LogP contribution in [0.5, 0.6) is 5.75 Å². The van der Waals surface area contributed by atoms with Gasteiger partial charge in [0.1, 0.15) is 11.8 Å². The number of fused-ring (bicyclic) bond motifs is 1. The molecule has 0 aliphatic carbocycles. The third-order valence-electron chi connectivity index (χ3n) is 4.31. The molecule has 0 amide bonds. The maximum atomic E-state index is 10.4. The fourth-order valence-corrected chi connectivity index (χ4v) is 2.71. The molecule has 166 valence electrons. The number of phenols is 1. The molecule has 0 radical (unpaired) electrons. The zero-order valence-corrected chi connectivity index (χ0v) is 16.9. The van der Waals surface area contributed by atoms with Gasteiger partial charge in [-0.25, -0.2) is 15.0 Å². The molecule has 0 saturated carbocycles. The van der Waals surface area contributed by atoms with E-state index in [1.807, 2.05) is 0 Å². The van der Waals surface area contributed by atoms with E-state index < -0.39 is 27.0 Å². The SMILES string of the molecule is Cc1cc([N+](=O)[O-])cc([N+](=O)[O-])c1O.NCCCCCCNc1ncnc2[nH]cnc12. The highest BCUT2D eigenvalue weighted by Crippen LogP contribution is 2.33. The Bertz CT molecular complexity index is 1040. The molecule has 13 heteroatoms. The van der Waals surface area contributed by atoms with Crippen LogP contribution < -0.4 is 11.1 Å². The lowest BCUT2D eigenvalue weighted by atomic mass is 10.1. The van der Waals surface area contributed by atoms with Crippen molar-refractivity contribution >= 4 is 28.4 Å². The lowest BCUT2D eigenvalue weighted by molar-refractivity contribution is -0.394. The minimum Gasteiger partial charge on any atom is -0.502 e. The smallest absolute Gasteiger partial charge is 0.317 e. The molecule has 1 aromatic carbocycles. The van der Waals surface area contributed by atoms with Crippen molar-refractivity contribution in [2.24, 2.45) is 5.73 Å². The molecule has 0 aliphatic heterocycles. The molecule has 0 saturated heterocycles. The molecule has 2 heterocycles. The van der Waals surface area contributed by atoms with E-state index in [1.165, 1.54) is 26.1 Å². The second-order valence-corrected chi connectivity index (χ2v) is 6.60. The quantitative estimate of drug-likeness (QED) is 0.221. The maximum absolute atomic E-state index is 10.4. The third-order valence-corrected chi connectivity index (χ3v) is 4.31. The first-order valence-electron chi connectivity index (χ1n) is 9.55. The number of aryl methyl sites for hydroxylation is 1. The molecular formula is C18H24N8O5. The number of nitro benzene ring substituents is 2. The number of hydrogen-bond acceptors (Lipinski definition) is 10. The summed E-state index contributed by atoms with van der Waals surface area (Å²) in [5.74, 6) is 0.260. The predicted molar refractivity (Wildman–Crippen MR) is 114 cm³/mol. The van der Waals surface area contributed by atoms with E-state index >= 15 is 0 Å². The van der Waals surface area contributed by atoms with Gasteiger partial charge in [0.25, 0.3) is 5.69 Å². The first kappa shape index (κ1) is 23.4. The van der Waals surface area contributed by atoms with Crippen molar-refractivity contribution in [2.75, 3.05) is 18.4 Å². The summed E-state index contributed by atoms with van der Waals surface area (Å²) in [6.07, 6.45) is 7.79. The Morgan fingerprint density at radius 2 is 1.84 bits per heavy atom. The van der Waals surface area contributed by atoms with Gasteiger partial charge in [0.15, 0.2) is 17.2 Å². The Morgan fingerprint density at radius 3 is 2.52 bits per heavy atom. The van der Waals surface area contributed by atoms with Crippen molar-refractivity contribution in [3.63, 3.8) is 0 Å². The van der Waals surface area contributed by atoms with E-state index in [9.17, 15) is 25.3 Å². The number of aromatic hydroxyl groups is 1. The van der Waals surface area contributed by atoms with Crippen molar-refractivity contribution in [3.8, 4) is 5.75 Å². The molecule has 0 spiro atoms. The van der Waals surface area contributed by atoms with Crippen LogP contribution in [0.2, 0.25) is 0 Å². The van der Waals surface area contributed by atoms with Gasteiger partial charge in [0, 0.05) is 18.2 Å². The molecule has 5 N–H and O–H groups in total. The lowest BCUT2D eigenvalue weighted by Crippen LogP contribution is -2.05. The Hall–Kier alpha value is -3.87. The molecule has 2 aromatic heterocycles. The number of nitrogens with one attached hydrogen (secondary N) is 2. The van der Waals surface area contributed by atoms with E-state index in [0.717, 1.165) is 55.0 Å². The molecule has 3 rings (SSSR count). The van der Waals surface area contributed by atoms with Crippen molar-refractivity contribution in [3.05, 3.63) is 50.6 Å². The molecule has 0 bridgehead atoms. The van der Waals surface area contributed by atoms with E-state index in [-0.39, 0.29) is 5.56 Å². The number of H-pyrrole nitrogens is 1. The van der Waals surface area contributed by atoms with E-state index in [0.29, 0.717) is 0 Å². The zero-order chi connectivity index (χ0) is 22.8. The number of benzene rings is 1. The highest BCUT2D eigenvalue weighted by atomic mass is 16.6.